The highest BCUT2D eigenvalue weighted by atomic mass is 35.5. The standard InChI is InChI=1S/C32H30ClN5O3S/c1-17-14-25-29(27(18-6-9-21(33)10-7-18)26(17)28(31(39)40)41-32(2,3)4)42-30(37-25)20-12-13-36-23(16-20)19-8-11-22(35-5)24(15-19)38-34/h6-16,28,34-35H,1-5H3,(H,39,40). The van der Waals surface area contributed by atoms with Gasteiger partial charge in [-0.05, 0) is 81.3 Å². The van der Waals surface area contributed by atoms with E-state index in [0.29, 0.717) is 16.3 Å². The molecule has 5 aromatic rings. The second kappa shape index (κ2) is 11.6. The molecule has 5 rings (SSSR count). The number of hydrogen-bond donors (Lipinski definition) is 3. The molecule has 10 heteroatoms. The first-order valence-corrected chi connectivity index (χ1v) is 14.4. The zero-order valence-corrected chi connectivity index (χ0v) is 25.4. The van der Waals surface area contributed by atoms with Gasteiger partial charge in [-0.15, -0.1) is 11.3 Å². The highest BCUT2D eigenvalue weighted by molar-refractivity contribution is 7.22. The van der Waals surface area contributed by atoms with Crippen LogP contribution >= 0.6 is 22.9 Å². The molecule has 0 bridgehead atoms. The topological polar surface area (TPSA) is 121 Å². The third-order valence-electron chi connectivity index (χ3n) is 6.71. The molecule has 2 aromatic heterocycles. The third kappa shape index (κ3) is 5.90. The SMILES string of the molecule is CNc1ccc(-c2cc(-c3nc4cc(C)c(C(OC(C)(C)C)C(=O)O)c(-c5ccc(Cl)cc5)c4s3)ccn2)cc1N=N. The molecule has 8 nitrogen and oxygen atoms in total. The molecule has 0 aliphatic carbocycles. The van der Waals surface area contributed by atoms with Gasteiger partial charge in [0, 0.05) is 40.5 Å². The maximum Gasteiger partial charge on any atom is 0.337 e. The lowest BCUT2D eigenvalue weighted by Crippen LogP contribution is -2.28. The van der Waals surface area contributed by atoms with Gasteiger partial charge in [0.1, 0.15) is 10.7 Å². The summed E-state index contributed by atoms with van der Waals surface area (Å²) in [6, 6.07) is 18.8. The summed E-state index contributed by atoms with van der Waals surface area (Å²) in [4.78, 5) is 22.1. The zero-order chi connectivity index (χ0) is 30.2. The van der Waals surface area contributed by atoms with Gasteiger partial charge in [-0.25, -0.2) is 15.3 Å². The van der Waals surface area contributed by atoms with Gasteiger partial charge in [0.25, 0.3) is 0 Å². The number of ether oxygens (including phenoxy) is 1. The highest BCUT2D eigenvalue weighted by Gasteiger charge is 2.32. The van der Waals surface area contributed by atoms with Crippen LogP contribution in [0.25, 0.3) is 43.2 Å². The van der Waals surface area contributed by atoms with Crippen molar-refractivity contribution in [2.45, 2.75) is 39.4 Å². The molecule has 3 aromatic carbocycles. The van der Waals surface area contributed by atoms with Gasteiger partial charge in [0.05, 0.1) is 27.2 Å². The van der Waals surface area contributed by atoms with Gasteiger partial charge >= 0.3 is 5.97 Å². The molecule has 0 fully saturated rings. The van der Waals surface area contributed by atoms with Gasteiger partial charge in [-0.2, -0.15) is 5.11 Å². The van der Waals surface area contributed by atoms with E-state index in [9.17, 15) is 9.90 Å². The Kier molecular flexibility index (Phi) is 8.10. The van der Waals surface area contributed by atoms with Crippen LogP contribution in [-0.2, 0) is 9.53 Å². The van der Waals surface area contributed by atoms with E-state index in [1.807, 2.05) is 76.2 Å². The Hall–Kier alpha value is -4.18. The van der Waals surface area contributed by atoms with Crippen LogP contribution in [0.4, 0.5) is 11.4 Å². The molecule has 0 aliphatic heterocycles. The minimum atomic E-state index is -1.18. The summed E-state index contributed by atoms with van der Waals surface area (Å²) in [5.74, 6) is -1.06. The molecule has 0 saturated carbocycles. The molecule has 1 atom stereocenters. The normalized spacial score (nSPS) is 12.3. The first-order chi connectivity index (χ1) is 20.0. The number of halogens is 1. The van der Waals surface area contributed by atoms with Crippen molar-refractivity contribution in [2.24, 2.45) is 5.11 Å². The predicted octanol–water partition coefficient (Wildman–Crippen LogP) is 9.30. The van der Waals surface area contributed by atoms with Crippen LogP contribution in [0.1, 0.15) is 38.0 Å². The van der Waals surface area contributed by atoms with E-state index in [2.05, 4.69) is 15.4 Å². The molecule has 214 valence electrons. The van der Waals surface area contributed by atoms with Gasteiger partial charge in [0.2, 0.25) is 0 Å². The van der Waals surface area contributed by atoms with Gasteiger partial charge in [-0.1, -0.05) is 29.8 Å². The minimum absolute atomic E-state index is 0.517. The van der Waals surface area contributed by atoms with Gasteiger partial charge < -0.3 is 15.2 Å². The van der Waals surface area contributed by atoms with E-state index in [4.69, 9.17) is 26.9 Å². The number of hydrogen-bond acceptors (Lipinski definition) is 8. The van der Waals surface area contributed by atoms with Crippen molar-refractivity contribution in [1.82, 2.24) is 9.97 Å². The Labute approximate surface area is 252 Å². The molecule has 3 N–H and O–H groups in total. The molecule has 1 unspecified atom stereocenters. The number of fused-ring (bicyclic) bond motifs is 1. The molecule has 0 spiro atoms. The van der Waals surface area contributed by atoms with Gasteiger partial charge in [0.15, 0.2) is 6.10 Å². The molecule has 42 heavy (non-hydrogen) atoms. The van der Waals surface area contributed by atoms with Crippen molar-refractivity contribution in [3.8, 4) is 33.0 Å². The number of carboxylic acids is 1. The summed E-state index contributed by atoms with van der Waals surface area (Å²) < 4.78 is 6.97. The van der Waals surface area contributed by atoms with E-state index < -0.39 is 17.7 Å². The van der Waals surface area contributed by atoms with Crippen LogP contribution in [0.15, 0.2) is 72.0 Å². The number of aliphatic carboxylic acids is 1. The molecule has 0 saturated heterocycles. The number of thiazole rings is 1. The lowest BCUT2D eigenvalue weighted by Gasteiger charge is -2.28. The first kappa shape index (κ1) is 29.3. The fourth-order valence-electron chi connectivity index (χ4n) is 4.88. The molecule has 0 aliphatic rings. The quantitative estimate of drug-likeness (QED) is 0.153. The molecule has 0 amide bonds. The summed E-state index contributed by atoms with van der Waals surface area (Å²) in [7, 11) is 1.79. The number of carbonyl (C=O) groups is 1. The van der Waals surface area contributed by atoms with Crippen molar-refractivity contribution in [2.75, 3.05) is 12.4 Å². The number of carboxylic acid groups (broad SMARTS) is 1. The number of rotatable bonds is 8. The van der Waals surface area contributed by atoms with Crippen molar-refractivity contribution in [3.63, 3.8) is 0 Å². The second-order valence-corrected chi connectivity index (χ2v) is 12.3. The predicted molar refractivity (Wildman–Crippen MR) is 169 cm³/mol. The number of nitrogens with one attached hydrogen (secondary N) is 2. The summed E-state index contributed by atoms with van der Waals surface area (Å²) in [5.41, 5.74) is 14.2. The minimum Gasteiger partial charge on any atom is -0.479 e. The maximum absolute atomic E-state index is 12.6. The Morgan fingerprint density at radius 3 is 2.43 bits per heavy atom. The van der Waals surface area contributed by atoms with Crippen LogP contribution in [-0.4, -0.2) is 33.7 Å². The van der Waals surface area contributed by atoms with Crippen molar-refractivity contribution in [3.05, 3.63) is 83.0 Å². The highest BCUT2D eigenvalue weighted by Crippen LogP contribution is 2.44. The van der Waals surface area contributed by atoms with Crippen LogP contribution in [0.5, 0.6) is 0 Å². The Bertz CT molecular complexity index is 1810. The summed E-state index contributed by atoms with van der Waals surface area (Å²) >= 11 is 7.70. The lowest BCUT2D eigenvalue weighted by atomic mass is 9.91. The van der Waals surface area contributed by atoms with Crippen molar-refractivity contribution in [1.29, 1.82) is 5.53 Å². The molecular formula is C32H30ClN5O3S. The average Bonchev–Trinajstić information content (AvgIpc) is 3.38. The monoisotopic (exact) mass is 599 g/mol. The fourth-order valence-corrected chi connectivity index (χ4v) is 6.13. The number of anilines is 1. The summed E-state index contributed by atoms with van der Waals surface area (Å²) in [5, 5.41) is 18.3. The van der Waals surface area contributed by atoms with E-state index >= 15 is 0 Å². The zero-order valence-electron chi connectivity index (χ0n) is 23.8. The second-order valence-electron chi connectivity index (χ2n) is 10.8. The summed E-state index contributed by atoms with van der Waals surface area (Å²) in [6.07, 6.45) is 0.546. The van der Waals surface area contributed by atoms with Crippen LogP contribution in [0.3, 0.4) is 0 Å². The van der Waals surface area contributed by atoms with Crippen molar-refractivity contribution < 1.29 is 14.6 Å². The molecule has 2 heterocycles. The smallest absolute Gasteiger partial charge is 0.337 e. The average molecular weight is 600 g/mol. The first-order valence-electron chi connectivity index (χ1n) is 13.3. The van der Waals surface area contributed by atoms with Crippen LogP contribution in [0.2, 0.25) is 5.02 Å². The number of benzene rings is 3. The van der Waals surface area contributed by atoms with E-state index in [0.717, 1.165) is 54.4 Å². The van der Waals surface area contributed by atoms with E-state index in [1.54, 1.807) is 25.4 Å². The molecule has 0 radical (unpaired) electrons. The van der Waals surface area contributed by atoms with Crippen molar-refractivity contribution >= 4 is 50.5 Å². The Morgan fingerprint density at radius 1 is 1.07 bits per heavy atom. The van der Waals surface area contributed by atoms with E-state index in [1.165, 1.54) is 11.3 Å². The number of pyridine rings is 1. The number of aromatic nitrogens is 2. The summed E-state index contributed by atoms with van der Waals surface area (Å²) in [6.45, 7) is 7.43. The van der Waals surface area contributed by atoms with Crippen LogP contribution in [0, 0.1) is 12.5 Å². The largest absolute Gasteiger partial charge is 0.479 e. The van der Waals surface area contributed by atoms with Crippen LogP contribution < -0.4 is 5.32 Å². The van der Waals surface area contributed by atoms with E-state index in [-0.39, 0.29) is 0 Å². The third-order valence-corrected chi connectivity index (χ3v) is 8.10. The van der Waals surface area contributed by atoms with Gasteiger partial charge in [-0.3, -0.25) is 4.98 Å². The maximum atomic E-state index is 12.6. The fraction of sp³-hybridized carbons (Fsp3) is 0.219. The lowest BCUT2D eigenvalue weighted by molar-refractivity contribution is -0.160. The Morgan fingerprint density at radius 2 is 1.79 bits per heavy atom. The molecular weight excluding hydrogens is 570 g/mol. The number of nitrogens with zero attached hydrogens (tertiary/aromatic N) is 3. The number of aryl methyl sites for hydroxylation is 1. The Balaban J connectivity index is 1.71.